The topological polar surface area (TPSA) is 114 Å². The van der Waals surface area contributed by atoms with Crippen molar-refractivity contribution in [3.8, 4) is 11.5 Å². The van der Waals surface area contributed by atoms with Gasteiger partial charge < -0.3 is 35.8 Å². The van der Waals surface area contributed by atoms with E-state index in [9.17, 15) is 20.4 Å². The van der Waals surface area contributed by atoms with Gasteiger partial charge in [0.05, 0.1) is 25.4 Å². The van der Waals surface area contributed by atoms with Gasteiger partial charge in [0.2, 0.25) is 0 Å². The highest BCUT2D eigenvalue weighted by atomic mass is 16.5. The lowest BCUT2D eigenvalue weighted by Crippen LogP contribution is -2.38. The van der Waals surface area contributed by atoms with E-state index in [1.165, 1.54) is 0 Å². The summed E-state index contributed by atoms with van der Waals surface area (Å²) in [4.78, 5) is 0. The molecule has 33 heavy (non-hydrogen) atoms. The van der Waals surface area contributed by atoms with Gasteiger partial charge in [0.25, 0.3) is 0 Å². The van der Waals surface area contributed by atoms with Gasteiger partial charge in [-0.1, -0.05) is 12.1 Å². The van der Waals surface area contributed by atoms with Crippen LogP contribution in [0.25, 0.3) is 0 Å². The molecular weight excluding hydrogens is 420 g/mol. The smallest absolute Gasteiger partial charge is 0.121 e. The molecule has 7 heteroatoms. The number of rotatable bonds is 10. The number of β-amino-alcohol motifs (C(OH)–C–C–N with tert-alkyl or cyclic N) is 2. The third kappa shape index (κ3) is 9.31. The molecule has 0 saturated heterocycles. The molecule has 7 nitrogen and oxygen atoms in total. The number of benzene rings is 2. The Morgan fingerprint density at radius 3 is 1.39 bits per heavy atom. The first-order chi connectivity index (χ1) is 15.2. The van der Waals surface area contributed by atoms with E-state index in [0.29, 0.717) is 35.3 Å². The number of ether oxygens (including phenoxy) is 1. The van der Waals surface area contributed by atoms with Crippen LogP contribution in [-0.4, -0.2) is 44.6 Å². The molecule has 2 rings (SSSR count). The van der Waals surface area contributed by atoms with Crippen LogP contribution in [0.3, 0.4) is 0 Å². The number of hydrogen-bond acceptors (Lipinski definition) is 7. The average Bonchev–Trinajstić information content (AvgIpc) is 2.71. The van der Waals surface area contributed by atoms with Crippen LogP contribution >= 0.6 is 0 Å². The van der Waals surface area contributed by atoms with Gasteiger partial charge >= 0.3 is 0 Å². The number of phenols is 2. The predicted octanol–water partition coefficient (Wildman–Crippen LogP) is 3.66. The summed E-state index contributed by atoms with van der Waals surface area (Å²) in [6.07, 6.45) is -1.43. The van der Waals surface area contributed by atoms with Crippen molar-refractivity contribution in [3.63, 3.8) is 0 Å². The Morgan fingerprint density at radius 2 is 1.06 bits per heavy atom. The molecule has 2 atom stereocenters. The molecule has 2 aromatic carbocycles. The SMILES string of the molecule is CC(C)(C)NCC(O)c1ccc(O)c(COCc2cc(C(O)CNC(C)(C)C)ccc2O)c1. The highest BCUT2D eigenvalue weighted by Crippen LogP contribution is 2.26. The van der Waals surface area contributed by atoms with Crippen LogP contribution in [0.2, 0.25) is 0 Å². The van der Waals surface area contributed by atoms with Crippen molar-refractivity contribution < 1.29 is 25.2 Å². The number of hydrogen-bond donors (Lipinski definition) is 6. The van der Waals surface area contributed by atoms with Crippen molar-refractivity contribution >= 4 is 0 Å². The lowest BCUT2D eigenvalue weighted by atomic mass is 10.0. The largest absolute Gasteiger partial charge is 0.508 e. The molecule has 0 fully saturated rings. The fourth-order valence-corrected chi connectivity index (χ4v) is 3.17. The third-order valence-corrected chi connectivity index (χ3v) is 5.14. The molecule has 0 saturated carbocycles. The van der Waals surface area contributed by atoms with E-state index in [-0.39, 0.29) is 35.8 Å². The summed E-state index contributed by atoms with van der Waals surface area (Å²) in [6, 6.07) is 9.92. The second kappa shape index (κ2) is 11.3. The predicted molar refractivity (Wildman–Crippen MR) is 130 cm³/mol. The van der Waals surface area contributed by atoms with Crippen molar-refractivity contribution in [2.45, 2.75) is 78.0 Å². The van der Waals surface area contributed by atoms with E-state index < -0.39 is 12.2 Å². The van der Waals surface area contributed by atoms with E-state index in [4.69, 9.17) is 4.74 Å². The zero-order valence-corrected chi connectivity index (χ0v) is 20.6. The molecule has 0 radical (unpaired) electrons. The van der Waals surface area contributed by atoms with E-state index >= 15 is 0 Å². The van der Waals surface area contributed by atoms with Crippen LogP contribution in [-0.2, 0) is 18.0 Å². The maximum absolute atomic E-state index is 10.5. The molecule has 0 aliphatic carbocycles. The molecule has 0 aliphatic heterocycles. The molecule has 0 bridgehead atoms. The monoisotopic (exact) mass is 460 g/mol. The fourth-order valence-electron chi connectivity index (χ4n) is 3.17. The summed E-state index contributed by atoms with van der Waals surface area (Å²) < 4.78 is 5.75. The lowest BCUT2D eigenvalue weighted by molar-refractivity contribution is 0.103. The van der Waals surface area contributed by atoms with Crippen molar-refractivity contribution in [1.29, 1.82) is 0 Å². The minimum absolute atomic E-state index is 0.0800. The second-order valence-electron chi connectivity index (χ2n) is 10.6. The quantitative estimate of drug-likeness (QED) is 0.321. The van der Waals surface area contributed by atoms with Crippen molar-refractivity contribution in [2.75, 3.05) is 13.1 Å². The Kier molecular flexibility index (Phi) is 9.29. The Balaban J connectivity index is 2.00. The van der Waals surface area contributed by atoms with Crippen LogP contribution in [0.15, 0.2) is 36.4 Å². The van der Waals surface area contributed by atoms with E-state index in [2.05, 4.69) is 10.6 Å². The number of nitrogens with one attached hydrogen (secondary N) is 2. The van der Waals surface area contributed by atoms with Gasteiger partial charge in [-0.05, 0) is 76.9 Å². The number of aliphatic hydroxyl groups is 2. The first kappa shape index (κ1) is 27.1. The summed E-state index contributed by atoms with van der Waals surface area (Å²) >= 11 is 0. The summed E-state index contributed by atoms with van der Waals surface area (Å²) in [5, 5.41) is 47.9. The zero-order chi connectivity index (χ0) is 24.8. The molecule has 6 N–H and O–H groups in total. The number of phenolic OH excluding ortho intramolecular Hbond substituents is 2. The van der Waals surface area contributed by atoms with Gasteiger partial charge in [0.15, 0.2) is 0 Å². The van der Waals surface area contributed by atoms with Crippen molar-refractivity contribution in [3.05, 3.63) is 58.7 Å². The van der Waals surface area contributed by atoms with Crippen LogP contribution in [0, 0.1) is 0 Å². The average molecular weight is 461 g/mol. The van der Waals surface area contributed by atoms with Gasteiger partial charge in [0, 0.05) is 35.3 Å². The lowest BCUT2D eigenvalue weighted by Gasteiger charge is -2.23. The van der Waals surface area contributed by atoms with E-state index in [0.717, 1.165) is 0 Å². The molecular formula is C26H40N2O5. The molecule has 0 aliphatic rings. The Hall–Kier alpha value is -2.16. The molecule has 0 aromatic heterocycles. The maximum Gasteiger partial charge on any atom is 0.121 e. The highest BCUT2D eigenvalue weighted by Gasteiger charge is 2.17. The number of aliphatic hydroxyl groups excluding tert-OH is 2. The van der Waals surface area contributed by atoms with Crippen LogP contribution < -0.4 is 10.6 Å². The Bertz CT molecular complexity index is 829. The van der Waals surface area contributed by atoms with Gasteiger partial charge in [0.1, 0.15) is 11.5 Å². The summed E-state index contributed by atoms with van der Waals surface area (Å²) in [6.45, 7) is 13.2. The first-order valence-corrected chi connectivity index (χ1v) is 11.3. The molecule has 2 aromatic rings. The minimum atomic E-state index is -0.715. The van der Waals surface area contributed by atoms with Crippen LogP contribution in [0.4, 0.5) is 0 Å². The molecule has 0 amide bonds. The Labute approximate surface area is 197 Å². The normalized spacial score (nSPS) is 14.3. The maximum atomic E-state index is 10.5. The highest BCUT2D eigenvalue weighted by molar-refractivity contribution is 5.38. The second-order valence-corrected chi connectivity index (χ2v) is 10.6. The van der Waals surface area contributed by atoms with Crippen molar-refractivity contribution in [2.24, 2.45) is 0 Å². The fraction of sp³-hybridized carbons (Fsp3) is 0.538. The zero-order valence-electron chi connectivity index (χ0n) is 20.6. The van der Waals surface area contributed by atoms with Crippen molar-refractivity contribution in [1.82, 2.24) is 10.6 Å². The number of aromatic hydroxyl groups is 2. The van der Waals surface area contributed by atoms with E-state index in [1.54, 1.807) is 36.4 Å². The van der Waals surface area contributed by atoms with Gasteiger partial charge in [-0.2, -0.15) is 0 Å². The summed E-state index contributed by atoms with van der Waals surface area (Å²) in [5.74, 6) is 0.160. The third-order valence-electron chi connectivity index (χ3n) is 5.14. The first-order valence-electron chi connectivity index (χ1n) is 11.3. The van der Waals surface area contributed by atoms with Gasteiger partial charge in [-0.3, -0.25) is 0 Å². The van der Waals surface area contributed by atoms with Gasteiger partial charge in [-0.25, -0.2) is 0 Å². The van der Waals surface area contributed by atoms with Gasteiger partial charge in [-0.15, -0.1) is 0 Å². The molecule has 2 unspecified atom stereocenters. The molecule has 184 valence electrons. The van der Waals surface area contributed by atoms with E-state index in [1.807, 2.05) is 41.5 Å². The molecule has 0 spiro atoms. The van der Waals surface area contributed by atoms with Crippen LogP contribution in [0.5, 0.6) is 11.5 Å². The molecule has 0 heterocycles. The standard InChI is InChI=1S/C26H40N2O5/c1-25(2,3)27-13-23(31)17-7-9-21(29)19(11-17)15-33-16-20-12-18(8-10-22(20)30)24(32)14-28-26(4,5)6/h7-12,23-24,27-32H,13-16H2,1-6H3. The van der Waals surface area contributed by atoms with Crippen LogP contribution in [0.1, 0.15) is 76.0 Å². The minimum Gasteiger partial charge on any atom is -0.508 e. The summed E-state index contributed by atoms with van der Waals surface area (Å²) in [7, 11) is 0. The summed E-state index contributed by atoms with van der Waals surface area (Å²) in [5.41, 5.74) is 2.23. The Morgan fingerprint density at radius 1 is 0.697 bits per heavy atom.